The number of carbonyl (C=O) groups is 4. The molecule has 0 aliphatic carbocycles. The van der Waals surface area contributed by atoms with Gasteiger partial charge in [-0.1, -0.05) is 121 Å². The zero-order valence-corrected chi connectivity index (χ0v) is 33.4. The summed E-state index contributed by atoms with van der Waals surface area (Å²) in [5.74, 6) is -1.56. The highest BCUT2D eigenvalue weighted by Crippen LogP contribution is 2.36. The molecule has 11 heteroatoms. The Labute approximate surface area is 334 Å². The maximum Gasteiger partial charge on any atom is 0.338 e. The average molecular weight is 797 g/mol. The quantitative estimate of drug-likeness (QED) is 0.0809. The molecule has 0 fully saturated rings. The molecule has 57 heavy (non-hydrogen) atoms. The summed E-state index contributed by atoms with van der Waals surface area (Å²) in [5, 5.41) is 11.4. The van der Waals surface area contributed by atoms with Gasteiger partial charge in [-0.15, -0.1) is 0 Å². The molecule has 0 radical (unpaired) electrons. The van der Waals surface area contributed by atoms with Crippen molar-refractivity contribution < 1.29 is 33.4 Å². The number of esters is 2. The second kappa shape index (κ2) is 20.3. The fourth-order valence-electron chi connectivity index (χ4n) is 6.22. The molecular formula is C46H42N2O7P2. The van der Waals surface area contributed by atoms with Crippen molar-refractivity contribution in [3.63, 3.8) is 0 Å². The number of hydrogen-bond acceptors (Lipinski definition) is 7. The van der Waals surface area contributed by atoms with Crippen LogP contribution in [0.25, 0.3) is 0 Å². The summed E-state index contributed by atoms with van der Waals surface area (Å²) in [6, 6.07) is 49.8. The van der Waals surface area contributed by atoms with E-state index >= 15 is 0 Å². The predicted molar refractivity (Wildman–Crippen MR) is 228 cm³/mol. The van der Waals surface area contributed by atoms with E-state index in [9.17, 15) is 19.2 Å². The van der Waals surface area contributed by atoms with Gasteiger partial charge in [0.1, 0.15) is 0 Å². The molecule has 2 N–H and O–H groups in total. The topological polar surface area (TPSA) is 120 Å². The highest BCUT2D eigenvalue weighted by molar-refractivity contribution is 7.80. The molecule has 0 spiro atoms. The van der Waals surface area contributed by atoms with Crippen molar-refractivity contribution in [1.82, 2.24) is 10.6 Å². The van der Waals surface area contributed by atoms with Crippen molar-refractivity contribution in [3.8, 4) is 0 Å². The molecule has 0 aliphatic heterocycles. The molecule has 0 aromatic heterocycles. The van der Waals surface area contributed by atoms with Crippen LogP contribution in [-0.4, -0.2) is 64.3 Å². The van der Waals surface area contributed by atoms with E-state index < -0.39 is 27.8 Å². The Morgan fingerprint density at radius 2 is 0.772 bits per heavy atom. The number of hydrogen-bond donors (Lipinski definition) is 2. The van der Waals surface area contributed by atoms with Gasteiger partial charge in [0.2, 0.25) is 0 Å². The van der Waals surface area contributed by atoms with E-state index in [1.54, 1.807) is 36.4 Å². The molecule has 6 aromatic carbocycles. The Kier molecular flexibility index (Phi) is 14.5. The summed E-state index contributed by atoms with van der Waals surface area (Å²) >= 11 is 0. The monoisotopic (exact) mass is 796 g/mol. The third kappa shape index (κ3) is 10.3. The largest absolute Gasteiger partial charge is 0.465 e. The van der Waals surface area contributed by atoms with Crippen LogP contribution in [0.2, 0.25) is 0 Å². The van der Waals surface area contributed by atoms with Crippen LogP contribution in [-0.2, 0) is 14.2 Å². The van der Waals surface area contributed by atoms with Crippen LogP contribution in [0.4, 0.5) is 0 Å². The average Bonchev–Trinajstić information content (AvgIpc) is 3.27. The lowest BCUT2D eigenvalue weighted by Crippen LogP contribution is -2.32. The van der Waals surface area contributed by atoms with Gasteiger partial charge in [-0.05, 0) is 73.5 Å². The molecule has 6 rings (SSSR count). The first-order chi connectivity index (χ1) is 27.9. The summed E-state index contributed by atoms with van der Waals surface area (Å²) in [5.41, 5.74) is 1.62. The summed E-state index contributed by atoms with van der Waals surface area (Å²) in [6.07, 6.45) is 0. The van der Waals surface area contributed by atoms with E-state index in [0.29, 0.717) is 22.3 Å². The second-order valence-electron chi connectivity index (χ2n) is 12.6. The molecule has 288 valence electrons. The van der Waals surface area contributed by atoms with Gasteiger partial charge >= 0.3 is 11.9 Å². The fourth-order valence-corrected chi connectivity index (χ4v) is 11.2. The minimum atomic E-state index is -1.18. The number of ether oxygens (including phenoxy) is 3. The molecule has 0 saturated carbocycles. The molecular weight excluding hydrogens is 754 g/mol. The van der Waals surface area contributed by atoms with E-state index in [2.05, 4.69) is 10.6 Å². The number of rotatable bonds is 16. The summed E-state index contributed by atoms with van der Waals surface area (Å²) in [6.45, 7) is 0.888. The Morgan fingerprint density at radius 3 is 1.07 bits per heavy atom. The first kappa shape index (κ1) is 40.7. The van der Waals surface area contributed by atoms with Crippen molar-refractivity contribution in [3.05, 3.63) is 180 Å². The van der Waals surface area contributed by atoms with E-state index in [1.807, 2.05) is 121 Å². The Bertz CT molecular complexity index is 2050. The van der Waals surface area contributed by atoms with Crippen LogP contribution < -0.4 is 42.5 Å². The van der Waals surface area contributed by atoms with E-state index in [-0.39, 0.29) is 38.1 Å². The molecule has 0 atom stereocenters. The molecule has 9 nitrogen and oxygen atoms in total. The third-order valence-corrected chi connectivity index (χ3v) is 13.9. The molecule has 0 bridgehead atoms. The van der Waals surface area contributed by atoms with Gasteiger partial charge in [0.05, 0.1) is 38.6 Å². The second-order valence-corrected chi connectivity index (χ2v) is 17.0. The SMILES string of the molecule is COC(=O)c1ccc(C(=O)NCCOCCNC(=O)c2ccc(C(=O)OC)c(P(c3ccccc3)c3ccccc3)c2)cc1P(c1ccccc1)c1ccccc1. The lowest BCUT2D eigenvalue weighted by atomic mass is 10.1. The lowest BCUT2D eigenvalue weighted by molar-refractivity contribution is 0.0593. The molecule has 6 aromatic rings. The van der Waals surface area contributed by atoms with Crippen molar-refractivity contribution >= 4 is 71.4 Å². The van der Waals surface area contributed by atoms with Gasteiger partial charge in [0.25, 0.3) is 11.8 Å². The van der Waals surface area contributed by atoms with Gasteiger partial charge in [0, 0.05) is 34.8 Å². The molecule has 0 aliphatic rings. The van der Waals surface area contributed by atoms with Crippen LogP contribution in [0.5, 0.6) is 0 Å². The summed E-state index contributed by atoms with van der Waals surface area (Å²) < 4.78 is 16.0. The smallest absolute Gasteiger partial charge is 0.338 e. The number of benzene rings is 6. The Balaban J connectivity index is 1.08. The van der Waals surface area contributed by atoms with E-state index in [4.69, 9.17) is 14.2 Å². The van der Waals surface area contributed by atoms with Crippen LogP contribution in [0.15, 0.2) is 158 Å². The number of nitrogens with one attached hydrogen (secondary N) is 2. The first-order valence-corrected chi connectivity index (χ1v) is 21.0. The lowest BCUT2D eigenvalue weighted by Gasteiger charge is -2.22. The minimum absolute atomic E-state index is 0.214. The molecule has 0 unspecified atom stereocenters. The highest BCUT2D eigenvalue weighted by Gasteiger charge is 2.26. The standard InChI is InChI=1S/C46H42N2O7P2/c1-53-45(51)39-25-23-33(31-41(39)56(35-15-7-3-8-16-35)36-17-9-4-10-18-36)43(49)47-27-29-55-30-28-48-44(50)34-24-26-40(46(52)54-2)42(32-34)57(37-19-11-5-12-20-37)38-21-13-6-14-22-38/h3-26,31-32H,27-30H2,1-2H3,(H,47,49)(H,48,50). The minimum Gasteiger partial charge on any atom is -0.465 e. The summed E-state index contributed by atoms with van der Waals surface area (Å²) in [4.78, 5) is 52.6. The highest BCUT2D eigenvalue weighted by atomic mass is 31.1. The van der Waals surface area contributed by atoms with Crippen molar-refractivity contribution in [2.75, 3.05) is 40.5 Å². The maximum atomic E-state index is 13.4. The van der Waals surface area contributed by atoms with Gasteiger partial charge in [0.15, 0.2) is 0 Å². The van der Waals surface area contributed by atoms with Crippen LogP contribution >= 0.6 is 15.8 Å². The Morgan fingerprint density at radius 1 is 0.456 bits per heavy atom. The van der Waals surface area contributed by atoms with Crippen molar-refractivity contribution in [2.45, 2.75) is 0 Å². The maximum absolute atomic E-state index is 13.4. The van der Waals surface area contributed by atoms with Gasteiger partial charge in [-0.2, -0.15) is 0 Å². The molecule has 0 saturated heterocycles. The summed E-state index contributed by atoms with van der Waals surface area (Å²) in [7, 11) is 0.327. The van der Waals surface area contributed by atoms with Crippen molar-refractivity contribution in [1.29, 1.82) is 0 Å². The number of amides is 2. The van der Waals surface area contributed by atoms with Gasteiger partial charge in [-0.25, -0.2) is 9.59 Å². The van der Waals surface area contributed by atoms with E-state index in [1.165, 1.54) is 14.2 Å². The first-order valence-electron chi connectivity index (χ1n) is 18.3. The van der Waals surface area contributed by atoms with Gasteiger partial charge < -0.3 is 24.8 Å². The normalized spacial score (nSPS) is 10.9. The van der Waals surface area contributed by atoms with E-state index in [0.717, 1.165) is 31.8 Å². The zero-order chi connectivity index (χ0) is 40.0. The zero-order valence-electron chi connectivity index (χ0n) is 31.6. The third-order valence-electron chi connectivity index (χ3n) is 8.93. The Hall–Kier alpha value is -5.98. The molecule has 2 amide bonds. The number of carbonyl (C=O) groups excluding carboxylic acids is 4. The predicted octanol–water partition coefficient (Wildman–Crippen LogP) is 4.95. The fraction of sp³-hybridized carbons (Fsp3) is 0.130. The van der Waals surface area contributed by atoms with Crippen LogP contribution in [0.1, 0.15) is 41.4 Å². The van der Waals surface area contributed by atoms with Crippen LogP contribution in [0, 0.1) is 0 Å². The number of methoxy groups -OCH3 is 2. The van der Waals surface area contributed by atoms with Gasteiger partial charge in [-0.3, -0.25) is 9.59 Å². The van der Waals surface area contributed by atoms with Crippen LogP contribution in [0.3, 0.4) is 0 Å². The van der Waals surface area contributed by atoms with Crippen molar-refractivity contribution in [2.24, 2.45) is 0 Å². The molecule has 0 heterocycles.